The van der Waals surface area contributed by atoms with E-state index in [-0.39, 0.29) is 18.5 Å². The summed E-state index contributed by atoms with van der Waals surface area (Å²) in [6.07, 6.45) is 0.794. The van der Waals surface area contributed by atoms with Crippen LogP contribution >= 0.6 is 0 Å². The van der Waals surface area contributed by atoms with Crippen LogP contribution in [0.15, 0.2) is 24.3 Å². The van der Waals surface area contributed by atoms with Crippen LogP contribution in [0.3, 0.4) is 0 Å². The van der Waals surface area contributed by atoms with Crippen molar-refractivity contribution in [2.45, 2.75) is 19.4 Å². The Morgan fingerprint density at radius 1 is 1.43 bits per heavy atom. The summed E-state index contributed by atoms with van der Waals surface area (Å²) in [5.74, 6) is 0.457. The predicted octanol–water partition coefficient (Wildman–Crippen LogP) is 1.09. The second-order valence-corrected chi connectivity index (χ2v) is 7.05. The summed E-state index contributed by atoms with van der Waals surface area (Å²) in [5, 5.41) is 0. The highest BCUT2D eigenvalue weighted by Gasteiger charge is 2.28. The standard InChI is InChI=1S/C14H22N2O4S/c1-2-12-11-16(7-8-19-12)21(17,18)10-9-20-14-6-4-3-5-13(14)15/h3-6,12H,2,7-11,15H2,1H3. The maximum atomic E-state index is 12.3. The third-order valence-corrected chi connectivity index (χ3v) is 5.27. The van der Waals surface area contributed by atoms with Crippen molar-refractivity contribution in [3.63, 3.8) is 0 Å². The molecule has 118 valence electrons. The largest absolute Gasteiger partial charge is 0.490 e. The number of hydrogen-bond acceptors (Lipinski definition) is 5. The first-order valence-electron chi connectivity index (χ1n) is 7.09. The first-order chi connectivity index (χ1) is 10.0. The van der Waals surface area contributed by atoms with Gasteiger partial charge in [-0.2, -0.15) is 4.31 Å². The van der Waals surface area contributed by atoms with Gasteiger partial charge >= 0.3 is 0 Å². The van der Waals surface area contributed by atoms with Crippen LogP contribution in [-0.2, 0) is 14.8 Å². The van der Waals surface area contributed by atoms with Crippen molar-refractivity contribution in [2.75, 3.05) is 37.8 Å². The molecule has 1 atom stereocenters. The molecule has 0 amide bonds. The van der Waals surface area contributed by atoms with Crippen molar-refractivity contribution in [1.29, 1.82) is 0 Å². The number of rotatable bonds is 6. The zero-order valence-corrected chi connectivity index (χ0v) is 13.0. The Kier molecular flexibility index (Phi) is 5.44. The molecule has 0 aromatic heterocycles. The highest BCUT2D eigenvalue weighted by molar-refractivity contribution is 7.89. The van der Waals surface area contributed by atoms with Crippen molar-refractivity contribution in [3.05, 3.63) is 24.3 Å². The predicted molar refractivity (Wildman–Crippen MR) is 81.7 cm³/mol. The van der Waals surface area contributed by atoms with E-state index in [9.17, 15) is 8.42 Å². The van der Waals surface area contributed by atoms with Gasteiger partial charge in [-0.15, -0.1) is 0 Å². The fourth-order valence-corrected chi connectivity index (χ4v) is 3.49. The van der Waals surface area contributed by atoms with Crippen LogP contribution in [0.25, 0.3) is 0 Å². The van der Waals surface area contributed by atoms with Gasteiger partial charge in [0.2, 0.25) is 10.0 Å². The fraction of sp³-hybridized carbons (Fsp3) is 0.571. The average molecular weight is 314 g/mol. The zero-order valence-electron chi connectivity index (χ0n) is 12.2. The minimum absolute atomic E-state index is 0.0146. The van der Waals surface area contributed by atoms with Crippen LogP contribution in [0.2, 0.25) is 0 Å². The Hall–Kier alpha value is -1.31. The van der Waals surface area contributed by atoms with E-state index in [4.69, 9.17) is 15.2 Å². The van der Waals surface area contributed by atoms with Gasteiger partial charge < -0.3 is 15.2 Å². The highest BCUT2D eigenvalue weighted by Crippen LogP contribution is 2.20. The topological polar surface area (TPSA) is 81.9 Å². The van der Waals surface area contributed by atoms with Gasteiger partial charge in [-0.3, -0.25) is 0 Å². The van der Waals surface area contributed by atoms with Gasteiger partial charge in [0.25, 0.3) is 0 Å². The van der Waals surface area contributed by atoms with E-state index < -0.39 is 10.0 Å². The van der Waals surface area contributed by atoms with Crippen LogP contribution in [0.1, 0.15) is 13.3 Å². The van der Waals surface area contributed by atoms with Crippen molar-refractivity contribution < 1.29 is 17.9 Å². The number of hydrogen-bond donors (Lipinski definition) is 1. The van der Waals surface area contributed by atoms with Gasteiger partial charge in [0.1, 0.15) is 12.4 Å². The van der Waals surface area contributed by atoms with E-state index in [1.807, 2.05) is 6.92 Å². The summed E-state index contributed by atoms with van der Waals surface area (Å²) in [7, 11) is -3.32. The lowest BCUT2D eigenvalue weighted by Crippen LogP contribution is -2.46. The second kappa shape index (κ2) is 7.11. The van der Waals surface area contributed by atoms with Crippen molar-refractivity contribution in [1.82, 2.24) is 4.31 Å². The molecule has 21 heavy (non-hydrogen) atoms. The minimum Gasteiger partial charge on any atom is -0.490 e. The second-order valence-electron chi connectivity index (χ2n) is 4.96. The average Bonchev–Trinajstić information content (AvgIpc) is 2.49. The Balaban J connectivity index is 1.88. The van der Waals surface area contributed by atoms with E-state index in [1.165, 1.54) is 4.31 Å². The summed E-state index contributed by atoms with van der Waals surface area (Å²) in [6.45, 7) is 3.36. The summed E-state index contributed by atoms with van der Waals surface area (Å²) >= 11 is 0. The Labute approximate surface area is 125 Å². The number of para-hydroxylation sites is 2. The summed E-state index contributed by atoms with van der Waals surface area (Å²) in [5.41, 5.74) is 6.25. The number of ether oxygens (including phenoxy) is 2. The van der Waals surface area contributed by atoms with Crippen molar-refractivity contribution >= 4 is 15.7 Å². The number of nitrogens with zero attached hydrogens (tertiary/aromatic N) is 1. The normalized spacial score (nSPS) is 20.3. The van der Waals surface area contributed by atoms with E-state index in [1.54, 1.807) is 24.3 Å². The molecule has 2 rings (SSSR count). The van der Waals surface area contributed by atoms with E-state index in [0.29, 0.717) is 31.1 Å². The number of sulfonamides is 1. The fourth-order valence-electron chi connectivity index (χ4n) is 2.19. The van der Waals surface area contributed by atoms with Gasteiger partial charge in [0.05, 0.1) is 24.2 Å². The molecule has 7 heteroatoms. The molecule has 6 nitrogen and oxygen atoms in total. The van der Waals surface area contributed by atoms with Gasteiger partial charge in [-0.1, -0.05) is 19.1 Å². The number of morpholine rings is 1. The van der Waals surface area contributed by atoms with Crippen LogP contribution in [0.4, 0.5) is 5.69 Å². The molecule has 1 aliphatic heterocycles. The Bertz CT molecular complexity index is 562. The first kappa shape index (κ1) is 16.1. The van der Waals surface area contributed by atoms with E-state index in [2.05, 4.69) is 0 Å². The number of nitrogen functional groups attached to an aromatic ring is 1. The van der Waals surface area contributed by atoms with Crippen LogP contribution < -0.4 is 10.5 Å². The minimum atomic E-state index is -3.32. The smallest absolute Gasteiger partial charge is 0.217 e. The Morgan fingerprint density at radius 2 is 2.19 bits per heavy atom. The van der Waals surface area contributed by atoms with Gasteiger partial charge in [0, 0.05) is 13.1 Å². The molecule has 1 aromatic rings. The number of anilines is 1. The van der Waals surface area contributed by atoms with Gasteiger partial charge in [-0.05, 0) is 18.6 Å². The van der Waals surface area contributed by atoms with E-state index in [0.717, 1.165) is 6.42 Å². The Morgan fingerprint density at radius 3 is 2.90 bits per heavy atom. The third kappa shape index (κ3) is 4.33. The van der Waals surface area contributed by atoms with Crippen molar-refractivity contribution in [3.8, 4) is 5.75 Å². The summed E-state index contributed by atoms with van der Waals surface area (Å²) in [4.78, 5) is 0. The van der Waals surface area contributed by atoms with Gasteiger partial charge in [0.15, 0.2) is 0 Å². The van der Waals surface area contributed by atoms with Crippen LogP contribution in [0.5, 0.6) is 5.75 Å². The lowest BCUT2D eigenvalue weighted by Gasteiger charge is -2.31. The molecule has 1 unspecified atom stereocenters. The lowest BCUT2D eigenvalue weighted by molar-refractivity contribution is -0.00283. The number of benzene rings is 1. The molecule has 1 heterocycles. The van der Waals surface area contributed by atoms with Crippen LogP contribution in [-0.4, -0.2) is 50.9 Å². The SMILES string of the molecule is CCC1CN(S(=O)(=O)CCOc2ccccc2N)CCO1. The highest BCUT2D eigenvalue weighted by atomic mass is 32.2. The zero-order chi connectivity index (χ0) is 15.3. The van der Waals surface area contributed by atoms with Gasteiger partial charge in [-0.25, -0.2) is 8.42 Å². The summed E-state index contributed by atoms with van der Waals surface area (Å²) in [6, 6.07) is 7.05. The third-order valence-electron chi connectivity index (χ3n) is 3.47. The molecule has 1 aliphatic rings. The molecule has 0 spiro atoms. The monoisotopic (exact) mass is 314 g/mol. The molecule has 1 fully saturated rings. The molecule has 0 radical (unpaired) electrons. The van der Waals surface area contributed by atoms with Crippen molar-refractivity contribution in [2.24, 2.45) is 0 Å². The first-order valence-corrected chi connectivity index (χ1v) is 8.70. The maximum absolute atomic E-state index is 12.3. The number of nitrogens with two attached hydrogens (primary N) is 1. The maximum Gasteiger partial charge on any atom is 0.217 e. The molecule has 1 saturated heterocycles. The lowest BCUT2D eigenvalue weighted by atomic mass is 10.2. The molecule has 2 N–H and O–H groups in total. The molecule has 0 aliphatic carbocycles. The summed E-state index contributed by atoms with van der Waals surface area (Å²) < 4.78 is 37.0. The van der Waals surface area contributed by atoms with E-state index >= 15 is 0 Å². The molecule has 1 aromatic carbocycles. The van der Waals surface area contributed by atoms with Crippen LogP contribution in [0, 0.1) is 0 Å². The molecule has 0 bridgehead atoms. The molecular weight excluding hydrogens is 292 g/mol. The quantitative estimate of drug-likeness (QED) is 0.795. The molecule has 0 saturated carbocycles. The molecular formula is C14H22N2O4S.